The molecule has 2 heterocycles. The molecular weight excluding hydrogens is 426 g/mol. The van der Waals surface area contributed by atoms with Crippen molar-refractivity contribution in [2.75, 3.05) is 19.8 Å². The van der Waals surface area contributed by atoms with Gasteiger partial charge in [0.25, 0.3) is 11.8 Å². The average molecular weight is 458 g/mol. The Morgan fingerprint density at radius 2 is 1.78 bits per heavy atom. The van der Waals surface area contributed by atoms with Gasteiger partial charge in [0, 0.05) is 19.8 Å². The van der Waals surface area contributed by atoms with Crippen molar-refractivity contribution in [2.45, 2.75) is 51.9 Å². The van der Waals surface area contributed by atoms with Crippen molar-refractivity contribution in [1.82, 2.24) is 4.90 Å². The Balaban J connectivity index is 1.76. The number of imide groups is 1. The van der Waals surface area contributed by atoms with Crippen molar-refractivity contribution in [3.05, 3.63) is 58.9 Å². The number of carbonyl (C=O) groups excluding carboxylic acids is 2. The highest BCUT2D eigenvalue weighted by atomic mass is 32.2. The molecule has 1 aromatic carbocycles. The van der Waals surface area contributed by atoms with Gasteiger partial charge in [-0.25, -0.2) is 0 Å². The van der Waals surface area contributed by atoms with Crippen LogP contribution in [-0.2, 0) is 20.1 Å². The fourth-order valence-electron chi connectivity index (χ4n) is 3.33. The number of nitrogens with zero attached hydrogens (tertiary/aromatic N) is 1. The summed E-state index contributed by atoms with van der Waals surface area (Å²) < 4.78 is 16.7. The molecule has 0 aliphatic carbocycles. The van der Waals surface area contributed by atoms with Gasteiger partial charge in [0.05, 0.1) is 28.6 Å². The molecule has 7 heteroatoms. The molecule has 0 spiro atoms. The summed E-state index contributed by atoms with van der Waals surface area (Å²) in [4.78, 5) is 28.2. The maximum absolute atomic E-state index is 13.3. The van der Waals surface area contributed by atoms with Gasteiger partial charge < -0.3 is 13.9 Å². The van der Waals surface area contributed by atoms with E-state index in [1.807, 2.05) is 50.2 Å². The monoisotopic (exact) mass is 457 g/mol. The molecule has 0 atom stereocenters. The SMILES string of the molecule is CCCCOCCCN1C(=O)C(SCc2ccco2)=C(c2ccc(OC(C)C)cc2)C1=O. The lowest BCUT2D eigenvalue weighted by molar-refractivity contribution is -0.136. The van der Waals surface area contributed by atoms with Crippen molar-refractivity contribution < 1.29 is 23.5 Å². The van der Waals surface area contributed by atoms with E-state index in [9.17, 15) is 9.59 Å². The third kappa shape index (κ3) is 6.26. The van der Waals surface area contributed by atoms with Gasteiger partial charge in [-0.15, -0.1) is 11.8 Å². The number of carbonyl (C=O) groups is 2. The number of rotatable bonds is 13. The van der Waals surface area contributed by atoms with E-state index in [1.165, 1.54) is 16.7 Å². The number of hydrogen-bond acceptors (Lipinski definition) is 6. The van der Waals surface area contributed by atoms with Crippen molar-refractivity contribution >= 4 is 29.1 Å². The summed E-state index contributed by atoms with van der Waals surface area (Å²) in [6.45, 7) is 7.61. The average Bonchev–Trinajstić information content (AvgIpc) is 3.36. The number of thioether (sulfide) groups is 1. The lowest BCUT2D eigenvalue weighted by Crippen LogP contribution is -2.33. The van der Waals surface area contributed by atoms with E-state index < -0.39 is 0 Å². The minimum absolute atomic E-state index is 0.0594. The molecule has 0 radical (unpaired) electrons. The van der Waals surface area contributed by atoms with Crippen LogP contribution in [0.1, 0.15) is 51.4 Å². The molecule has 0 fully saturated rings. The second kappa shape index (κ2) is 11.9. The molecule has 172 valence electrons. The van der Waals surface area contributed by atoms with E-state index in [-0.39, 0.29) is 17.9 Å². The summed E-state index contributed by atoms with van der Waals surface area (Å²) in [7, 11) is 0. The molecule has 6 nitrogen and oxygen atoms in total. The molecule has 1 aliphatic rings. The van der Waals surface area contributed by atoms with Crippen molar-refractivity contribution in [2.24, 2.45) is 0 Å². The first-order valence-electron chi connectivity index (χ1n) is 11.1. The Bertz CT molecular complexity index is 918. The molecule has 1 aromatic heterocycles. The summed E-state index contributed by atoms with van der Waals surface area (Å²) in [6.07, 6.45) is 4.37. The molecule has 32 heavy (non-hydrogen) atoms. The lowest BCUT2D eigenvalue weighted by atomic mass is 10.1. The third-order valence-corrected chi connectivity index (χ3v) is 5.99. The summed E-state index contributed by atoms with van der Waals surface area (Å²) in [6, 6.07) is 11.0. The third-order valence-electron chi connectivity index (χ3n) is 4.89. The number of ether oxygens (including phenoxy) is 2. The Labute approximate surface area is 193 Å². The Hall–Kier alpha value is -2.51. The fraction of sp³-hybridized carbons (Fsp3) is 0.440. The highest BCUT2D eigenvalue weighted by Gasteiger charge is 2.38. The van der Waals surface area contributed by atoms with E-state index in [0.29, 0.717) is 48.0 Å². The molecule has 2 aromatic rings. The van der Waals surface area contributed by atoms with Crippen LogP contribution in [0.15, 0.2) is 52.0 Å². The lowest BCUT2D eigenvalue weighted by Gasteiger charge is -2.15. The summed E-state index contributed by atoms with van der Waals surface area (Å²) in [5, 5.41) is 0. The first-order valence-corrected chi connectivity index (χ1v) is 12.1. The summed E-state index contributed by atoms with van der Waals surface area (Å²) in [5.41, 5.74) is 1.15. The molecule has 1 aliphatic heterocycles. The van der Waals surface area contributed by atoms with Crippen LogP contribution in [-0.4, -0.2) is 42.6 Å². The van der Waals surface area contributed by atoms with Gasteiger partial charge in [-0.3, -0.25) is 14.5 Å². The molecule has 0 saturated carbocycles. The Morgan fingerprint density at radius 1 is 1.03 bits per heavy atom. The largest absolute Gasteiger partial charge is 0.491 e. The standard InChI is InChI=1S/C25H31NO5S/c1-4-5-14-29-15-7-13-26-24(27)22(19-9-11-20(12-10-19)31-18(2)3)23(25(26)28)32-17-21-8-6-16-30-21/h6,8-12,16,18H,4-5,7,13-15,17H2,1-3H3. The van der Waals surface area contributed by atoms with Gasteiger partial charge in [0.1, 0.15) is 11.5 Å². The van der Waals surface area contributed by atoms with E-state index >= 15 is 0 Å². The molecule has 0 N–H and O–H groups in total. The highest BCUT2D eigenvalue weighted by molar-refractivity contribution is 8.03. The highest BCUT2D eigenvalue weighted by Crippen LogP contribution is 2.38. The Kier molecular flexibility index (Phi) is 9.00. The predicted octanol–water partition coefficient (Wildman–Crippen LogP) is 5.29. The maximum atomic E-state index is 13.3. The van der Waals surface area contributed by atoms with Gasteiger partial charge in [-0.2, -0.15) is 0 Å². The number of benzene rings is 1. The van der Waals surface area contributed by atoms with Gasteiger partial charge in [-0.05, 0) is 56.5 Å². The summed E-state index contributed by atoms with van der Waals surface area (Å²) >= 11 is 1.34. The van der Waals surface area contributed by atoms with Crippen LogP contribution in [0.25, 0.3) is 5.57 Å². The van der Waals surface area contributed by atoms with Crippen LogP contribution >= 0.6 is 11.8 Å². The number of furan rings is 1. The second-order valence-electron chi connectivity index (χ2n) is 7.84. The molecular formula is C25H31NO5S. The van der Waals surface area contributed by atoms with Gasteiger partial charge >= 0.3 is 0 Å². The van der Waals surface area contributed by atoms with E-state index in [2.05, 4.69) is 6.92 Å². The van der Waals surface area contributed by atoms with E-state index in [1.54, 1.807) is 6.26 Å². The zero-order valence-electron chi connectivity index (χ0n) is 19.0. The number of amides is 2. The molecule has 0 bridgehead atoms. The van der Waals surface area contributed by atoms with Crippen LogP contribution in [0.2, 0.25) is 0 Å². The first-order chi connectivity index (χ1) is 15.5. The second-order valence-corrected chi connectivity index (χ2v) is 8.83. The predicted molar refractivity (Wildman–Crippen MR) is 126 cm³/mol. The zero-order chi connectivity index (χ0) is 22.9. The van der Waals surface area contributed by atoms with E-state index in [0.717, 1.165) is 24.4 Å². The van der Waals surface area contributed by atoms with Crippen LogP contribution in [0.5, 0.6) is 5.75 Å². The number of unbranched alkanes of at least 4 members (excludes halogenated alkanes) is 1. The topological polar surface area (TPSA) is 69.0 Å². The fourth-order valence-corrected chi connectivity index (χ4v) is 4.36. The van der Waals surface area contributed by atoms with E-state index in [4.69, 9.17) is 13.9 Å². The van der Waals surface area contributed by atoms with Crippen LogP contribution < -0.4 is 4.74 Å². The smallest absolute Gasteiger partial charge is 0.267 e. The zero-order valence-corrected chi connectivity index (χ0v) is 19.8. The van der Waals surface area contributed by atoms with Crippen LogP contribution in [0.4, 0.5) is 0 Å². The normalized spacial score (nSPS) is 14.2. The summed E-state index contributed by atoms with van der Waals surface area (Å²) in [5.74, 6) is 1.45. The van der Waals surface area contributed by atoms with Gasteiger partial charge in [0.15, 0.2) is 0 Å². The Morgan fingerprint density at radius 3 is 2.44 bits per heavy atom. The molecule has 0 unspecified atom stereocenters. The van der Waals surface area contributed by atoms with Crippen LogP contribution in [0, 0.1) is 0 Å². The van der Waals surface area contributed by atoms with Crippen molar-refractivity contribution in [3.8, 4) is 5.75 Å². The van der Waals surface area contributed by atoms with Crippen molar-refractivity contribution in [3.63, 3.8) is 0 Å². The minimum Gasteiger partial charge on any atom is -0.491 e. The first kappa shape index (κ1) is 24.1. The van der Waals surface area contributed by atoms with Crippen LogP contribution in [0.3, 0.4) is 0 Å². The molecule has 0 saturated heterocycles. The molecule has 2 amide bonds. The minimum atomic E-state index is -0.261. The van der Waals surface area contributed by atoms with Gasteiger partial charge in [0.2, 0.25) is 0 Å². The van der Waals surface area contributed by atoms with Crippen molar-refractivity contribution in [1.29, 1.82) is 0 Å². The van der Waals surface area contributed by atoms with Gasteiger partial charge in [-0.1, -0.05) is 25.5 Å². The number of hydrogen-bond donors (Lipinski definition) is 0. The maximum Gasteiger partial charge on any atom is 0.267 e. The quantitative estimate of drug-likeness (QED) is 0.301. The molecule has 3 rings (SSSR count).